The summed E-state index contributed by atoms with van der Waals surface area (Å²) in [6.07, 6.45) is 3.23. The molecule has 1 aliphatic rings. The number of carbonyl (C=O) groups is 2. The molecule has 0 radical (unpaired) electrons. The van der Waals surface area contributed by atoms with E-state index in [4.69, 9.17) is 5.11 Å². The van der Waals surface area contributed by atoms with Gasteiger partial charge in [0.05, 0.1) is 5.92 Å². The van der Waals surface area contributed by atoms with E-state index in [2.05, 4.69) is 4.98 Å². The number of aliphatic carboxylic acids is 1. The molecule has 1 amide bonds. The number of carboxylic acid groups (broad SMARTS) is 1. The third-order valence-electron chi connectivity index (χ3n) is 3.86. The van der Waals surface area contributed by atoms with Crippen molar-refractivity contribution in [2.24, 2.45) is 5.92 Å². The number of fused-ring (bicyclic) bond motifs is 1. The van der Waals surface area contributed by atoms with Gasteiger partial charge >= 0.3 is 5.97 Å². The number of aromatic amines is 1. The van der Waals surface area contributed by atoms with Crippen LogP contribution in [0.3, 0.4) is 0 Å². The Balaban J connectivity index is 1.82. The monoisotopic (exact) mass is 272 g/mol. The summed E-state index contributed by atoms with van der Waals surface area (Å²) in [5, 5.41) is 10.1. The summed E-state index contributed by atoms with van der Waals surface area (Å²) in [5.74, 6) is -1.34. The number of likely N-dealkylation sites (tertiary alicyclic amines) is 1. The van der Waals surface area contributed by atoms with Crippen molar-refractivity contribution in [1.29, 1.82) is 0 Å². The van der Waals surface area contributed by atoms with Crippen LogP contribution in [0.2, 0.25) is 0 Å². The number of carboxylic acids is 1. The number of piperidine rings is 1. The van der Waals surface area contributed by atoms with Crippen LogP contribution in [0.1, 0.15) is 23.2 Å². The minimum Gasteiger partial charge on any atom is -0.481 e. The molecule has 5 nitrogen and oxygen atoms in total. The molecule has 20 heavy (non-hydrogen) atoms. The first kappa shape index (κ1) is 12.7. The first-order chi connectivity index (χ1) is 9.65. The van der Waals surface area contributed by atoms with Gasteiger partial charge in [0.1, 0.15) is 0 Å². The number of carbonyl (C=O) groups excluding carboxylic acids is 1. The first-order valence-corrected chi connectivity index (χ1v) is 6.74. The van der Waals surface area contributed by atoms with E-state index in [0.717, 1.165) is 17.3 Å². The van der Waals surface area contributed by atoms with Crippen molar-refractivity contribution in [2.75, 3.05) is 13.1 Å². The molecule has 1 aromatic carbocycles. The second-order valence-electron chi connectivity index (χ2n) is 5.21. The quantitative estimate of drug-likeness (QED) is 0.879. The van der Waals surface area contributed by atoms with Crippen molar-refractivity contribution in [3.05, 3.63) is 36.0 Å². The smallest absolute Gasteiger partial charge is 0.308 e. The molecule has 104 valence electrons. The van der Waals surface area contributed by atoms with Crippen LogP contribution >= 0.6 is 0 Å². The highest BCUT2D eigenvalue weighted by Gasteiger charge is 2.28. The molecular formula is C15H16N2O3. The fraction of sp³-hybridized carbons (Fsp3) is 0.333. The summed E-state index contributed by atoms with van der Waals surface area (Å²) < 4.78 is 0. The molecule has 0 aliphatic carbocycles. The van der Waals surface area contributed by atoms with Gasteiger partial charge in [-0.2, -0.15) is 0 Å². The molecule has 3 rings (SSSR count). The molecule has 1 atom stereocenters. The third-order valence-corrected chi connectivity index (χ3v) is 3.86. The predicted molar refractivity (Wildman–Crippen MR) is 74.6 cm³/mol. The number of H-pyrrole nitrogens is 1. The summed E-state index contributed by atoms with van der Waals surface area (Å²) in [4.78, 5) is 28.2. The second kappa shape index (κ2) is 5.00. The highest BCUT2D eigenvalue weighted by Crippen LogP contribution is 2.21. The standard InChI is InChI=1S/C15H16N2O3/c18-14(17-7-1-2-12(9-17)15(19)20)11-3-4-13-10(8-11)5-6-16-13/h3-6,8,12,16H,1-2,7,9H2,(H,19,20)/t12-/m0/s1. The summed E-state index contributed by atoms with van der Waals surface area (Å²) >= 11 is 0. The first-order valence-electron chi connectivity index (χ1n) is 6.74. The molecule has 2 heterocycles. The Hall–Kier alpha value is -2.30. The Morgan fingerprint density at radius 1 is 1.30 bits per heavy atom. The van der Waals surface area contributed by atoms with E-state index < -0.39 is 11.9 Å². The Bertz CT molecular complexity index is 662. The number of amides is 1. The van der Waals surface area contributed by atoms with Crippen LogP contribution in [-0.4, -0.2) is 40.0 Å². The molecule has 0 saturated carbocycles. The van der Waals surface area contributed by atoms with E-state index in [-0.39, 0.29) is 5.91 Å². The van der Waals surface area contributed by atoms with Crippen molar-refractivity contribution < 1.29 is 14.7 Å². The molecule has 1 fully saturated rings. The Morgan fingerprint density at radius 3 is 2.95 bits per heavy atom. The maximum atomic E-state index is 12.5. The molecule has 2 N–H and O–H groups in total. The van der Waals surface area contributed by atoms with Crippen molar-refractivity contribution in [3.8, 4) is 0 Å². The maximum Gasteiger partial charge on any atom is 0.308 e. The van der Waals surface area contributed by atoms with Crippen molar-refractivity contribution in [1.82, 2.24) is 9.88 Å². The zero-order chi connectivity index (χ0) is 14.1. The number of aromatic nitrogens is 1. The number of benzene rings is 1. The fourth-order valence-electron chi connectivity index (χ4n) is 2.73. The molecule has 0 unspecified atom stereocenters. The highest BCUT2D eigenvalue weighted by atomic mass is 16.4. The minimum atomic E-state index is -0.816. The predicted octanol–water partition coefficient (Wildman–Crippen LogP) is 2.10. The second-order valence-corrected chi connectivity index (χ2v) is 5.21. The lowest BCUT2D eigenvalue weighted by atomic mass is 9.97. The number of nitrogens with one attached hydrogen (secondary N) is 1. The largest absolute Gasteiger partial charge is 0.481 e. The normalized spacial score (nSPS) is 19.2. The van der Waals surface area contributed by atoms with Crippen LogP contribution in [-0.2, 0) is 4.79 Å². The lowest BCUT2D eigenvalue weighted by Crippen LogP contribution is -2.42. The van der Waals surface area contributed by atoms with Crippen LogP contribution in [0.5, 0.6) is 0 Å². The third kappa shape index (κ3) is 2.27. The molecule has 1 saturated heterocycles. The zero-order valence-corrected chi connectivity index (χ0v) is 11.0. The van der Waals surface area contributed by atoms with Gasteiger partial charge in [0, 0.05) is 35.8 Å². The highest BCUT2D eigenvalue weighted by molar-refractivity contribution is 5.98. The van der Waals surface area contributed by atoms with Gasteiger partial charge in [0.15, 0.2) is 0 Å². The lowest BCUT2D eigenvalue weighted by molar-refractivity contribution is -0.143. The summed E-state index contributed by atoms with van der Waals surface area (Å²) in [6, 6.07) is 7.42. The number of hydrogen-bond donors (Lipinski definition) is 2. The van der Waals surface area contributed by atoms with Gasteiger partial charge < -0.3 is 15.0 Å². The van der Waals surface area contributed by atoms with Crippen LogP contribution in [0.4, 0.5) is 0 Å². The SMILES string of the molecule is O=C(O)[C@H]1CCCN(C(=O)c2ccc3[nH]ccc3c2)C1. The Kier molecular flexibility index (Phi) is 3.18. The maximum absolute atomic E-state index is 12.5. The summed E-state index contributed by atoms with van der Waals surface area (Å²) in [6.45, 7) is 0.938. The average molecular weight is 272 g/mol. The van der Waals surface area contributed by atoms with Crippen molar-refractivity contribution in [2.45, 2.75) is 12.8 Å². The van der Waals surface area contributed by atoms with Crippen molar-refractivity contribution in [3.63, 3.8) is 0 Å². The van der Waals surface area contributed by atoms with Gasteiger partial charge in [-0.3, -0.25) is 9.59 Å². The number of hydrogen-bond acceptors (Lipinski definition) is 2. The van der Waals surface area contributed by atoms with Gasteiger partial charge in [0.2, 0.25) is 0 Å². The number of nitrogens with zero attached hydrogens (tertiary/aromatic N) is 1. The van der Waals surface area contributed by atoms with Gasteiger partial charge in [-0.15, -0.1) is 0 Å². The molecule has 0 spiro atoms. The molecule has 0 bridgehead atoms. The van der Waals surface area contributed by atoms with E-state index in [1.54, 1.807) is 11.0 Å². The molecule has 5 heteroatoms. The van der Waals surface area contributed by atoms with Crippen LogP contribution in [0, 0.1) is 5.92 Å². The van der Waals surface area contributed by atoms with E-state index in [1.165, 1.54) is 0 Å². The summed E-state index contributed by atoms with van der Waals surface area (Å²) in [5.41, 5.74) is 1.60. The van der Waals surface area contributed by atoms with Gasteiger partial charge in [0.25, 0.3) is 5.91 Å². The van der Waals surface area contributed by atoms with E-state index in [1.807, 2.05) is 24.4 Å². The molecule has 2 aromatic rings. The minimum absolute atomic E-state index is 0.0842. The van der Waals surface area contributed by atoms with Crippen LogP contribution in [0.15, 0.2) is 30.5 Å². The summed E-state index contributed by atoms with van der Waals surface area (Å²) in [7, 11) is 0. The van der Waals surface area contributed by atoms with Crippen molar-refractivity contribution >= 4 is 22.8 Å². The average Bonchev–Trinajstić information content (AvgIpc) is 2.94. The van der Waals surface area contributed by atoms with Gasteiger partial charge in [-0.1, -0.05) is 0 Å². The Labute approximate surface area is 116 Å². The van der Waals surface area contributed by atoms with E-state index >= 15 is 0 Å². The Morgan fingerprint density at radius 2 is 2.15 bits per heavy atom. The van der Waals surface area contributed by atoms with Crippen LogP contribution < -0.4 is 0 Å². The van der Waals surface area contributed by atoms with E-state index in [9.17, 15) is 9.59 Å². The number of rotatable bonds is 2. The zero-order valence-electron chi connectivity index (χ0n) is 11.0. The molecule has 1 aliphatic heterocycles. The van der Waals surface area contributed by atoms with Gasteiger partial charge in [-0.25, -0.2) is 0 Å². The molecule has 1 aromatic heterocycles. The topological polar surface area (TPSA) is 73.4 Å². The van der Waals surface area contributed by atoms with Crippen LogP contribution in [0.25, 0.3) is 10.9 Å². The lowest BCUT2D eigenvalue weighted by Gasteiger charge is -2.30. The fourth-order valence-corrected chi connectivity index (χ4v) is 2.73. The van der Waals surface area contributed by atoms with E-state index in [0.29, 0.717) is 25.1 Å². The van der Waals surface area contributed by atoms with Gasteiger partial charge in [-0.05, 0) is 37.1 Å². The molecular weight excluding hydrogens is 256 g/mol.